The van der Waals surface area contributed by atoms with E-state index in [4.69, 9.17) is 4.99 Å². The van der Waals surface area contributed by atoms with Gasteiger partial charge in [-0.15, -0.1) is 24.0 Å². The van der Waals surface area contributed by atoms with Gasteiger partial charge in [0.25, 0.3) is 0 Å². The normalized spacial score (nSPS) is 23.6. The van der Waals surface area contributed by atoms with Crippen molar-refractivity contribution in [1.29, 1.82) is 0 Å². The second-order valence-electron chi connectivity index (χ2n) is 9.15. The van der Waals surface area contributed by atoms with E-state index in [1.54, 1.807) is 0 Å². The molecule has 2 heterocycles. The molecule has 2 N–H and O–H groups in total. The molecule has 2 aliphatic rings. The molecule has 6 nitrogen and oxygen atoms in total. The first-order chi connectivity index (χ1) is 14.1. The van der Waals surface area contributed by atoms with Gasteiger partial charge in [0, 0.05) is 52.2 Å². The van der Waals surface area contributed by atoms with Crippen molar-refractivity contribution in [3.05, 3.63) is 0 Å². The first-order valence-corrected chi connectivity index (χ1v) is 12.1. The third-order valence-electron chi connectivity index (χ3n) is 6.01. The molecular formula is C23H46IN5O. The number of likely N-dealkylation sites (tertiary alicyclic amines) is 2. The number of carbonyl (C=O) groups is 1. The first-order valence-electron chi connectivity index (χ1n) is 12.1. The van der Waals surface area contributed by atoms with Gasteiger partial charge in [-0.3, -0.25) is 9.79 Å². The average molecular weight is 536 g/mol. The van der Waals surface area contributed by atoms with Crippen molar-refractivity contribution < 1.29 is 4.79 Å². The number of carbonyl (C=O) groups excluding carboxylic acids is 1. The van der Waals surface area contributed by atoms with Crippen molar-refractivity contribution in [3.8, 4) is 0 Å². The molecule has 2 rings (SSSR count). The zero-order valence-electron chi connectivity index (χ0n) is 19.6. The molecule has 2 fully saturated rings. The minimum Gasteiger partial charge on any atom is -0.357 e. The van der Waals surface area contributed by atoms with Crippen LogP contribution in [0.5, 0.6) is 0 Å². The van der Waals surface area contributed by atoms with Gasteiger partial charge in [-0.25, -0.2) is 0 Å². The monoisotopic (exact) mass is 535 g/mol. The number of rotatable bonds is 10. The van der Waals surface area contributed by atoms with E-state index in [0.717, 1.165) is 76.2 Å². The van der Waals surface area contributed by atoms with E-state index in [0.29, 0.717) is 5.91 Å². The van der Waals surface area contributed by atoms with Crippen molar-refractivity contribution in [2.75, 3.05) is 52.4 Å². The van der Waals surface area contributed by atoms with Crippen LogP contribution < -0.4 is 10.6 Å². The zero-order valence-corrected chi connectivity index (χ0v) is 22.0. The van der Waals surface area contributed by atoms with Crippen LogP contribution in [0.3, 0.4) is 0 Å². The first kappa shape index (κ1) is 27.5. The number of amides is 1. The molecule has 0 aromatic rings. The summed E-state index contributed by atoms with van der Waals surface area (Å²) >= 11 is 0. The SMILES string of the molecule is CCNC(=NCCCN1CCCCCC1=O)NCCCCN1CC(C)CC(C)C1.I. The summed E-state index contributed by atoms with van der Waals surface area (Å²) in [6.45, 7) is 15.0. The fraction of sp³-hybridized carbons (Fsp3) is 0.913. The summed E-state index contributed by atoms with van der Waals surface area (Å²) in [5.74, 6) is 2.92. The van der Waals surface area contributed by atoms with Gasteiger partial charge >= 0.3 is 0 Å². The highest BCUT2D eigenvalue weighted by Crippen LogP contribution is 2.20. The Morgan fingerprint density at radius 3 is 2.53 bits per heavy atom. The van der Waals surface area contributed by atoms with E-state index in [9.17, 15) is 4.79 Å². The van der Waals surface area contributed by atoms with Crippen molar-refractivity contribution in [2.45, 2.75) is 72.1 Å². The van der Waals surface area contributed by atoms with E-state index in [1.165, 1.54) is 45.3 Å². The summed E-state index contributed by atoms with van der Waals surface area (Å²) < 4.78 is 0. The Kier molecular flexibility index (Phi) is 14.8. The zero-order chi connectivity index (χ0) is 20.9. The lowest BCUT2D eigenvalue weighted by molar-refractivity contribution is -0.130. The van der Waals surface area contributed by atoms with Crippen LogP contribution in [-0.2, 0) is 4.79 Å². The molecule has 2 atom stereocenters. The summed E-state index contributed by atoms with van der Waals surface area (Å²) in [5.41, 5.74) is 0. The molecule has 0 radical (unpaired) electrons. The Labute approximate surface area is 202 Å². The third kappa shape index (κ3) is 11.2. The lowest BCUT2D eigenvalue weighted by Crippen LogP contribution is -2.40. The van der Waals surface area contributed by atoms with Crippen LogP contribution in [0.2, 0.25) is 0 Å². The molecule has 176 valence electrons. The molecule has 0 aromatic heterocycles. The highest BCUT2D eigenvalue weighted by atomic mass is 127. The number of piperidine rings is 1. The van der Waals surface area contributed by atoms with Crippen molar-refractivity contribution >= 4 is 35.8 Å². The second kappa shape index (κ2) is 16.1. The lowest BCUT2D eigenvalue weighted by atomic mass is 9.92. The van der Waals surface area contributed by atoms with Crippen LogP contribution in [0.4, 0.5) is 0 Å². The smallest absolute Gasteiger partial charge is 0.222 e. The summed E-state index contributed by atoms with van der Waals surface area (Å²) in [7, 11) is 0. The highest BCUT2D eigenvalue weighted by Gasteiger charge is 2.21. The van der Waals surface area contributed by atoms with Gasteiger partial charge in [0.1, 0.15) is 0 Å². The largest absolute Gasteiger partial charge is 0.357 e. The third-order valence-corrected chi connectivity index (χ3v) is 6.01. The maximum atomic E-state index is 12.1. The minimum absolute atomic E-state index is 0. The van der Waals surface area contributed by atoms with E-state index < -0.39 is 0 Å². The number of aliphatic imine (C=N–C) groups is 1. The predicted molar refractivity (Wildman–Crippen MR) is 138 cm³/mol. The molecule has 30 heavy (non-hydrogen) atoms. The Morgan fingerprint density at radius 2 is 1.80 bits per heavy atom. The summed E-state index contributed by atoms with van der Waals surface area (Å²) in [6.07, 6.45) is 8.84. The molecule has 0 aromatic carbocycles. The number of guanidine groups is 1. The molecule has 2 unspecified atom stereocenters. The Bertz CT molecular complexity index is 492. The molecule has 1 amide bonds. The molecule has 0 bridgehead atoms. The molecule has 2 saturated heterocycles. The van der Waals surface area contributed by atoms with E-state index >= 15 is 0 Å². The molecule has 7 heteroatoms. The van der Waals surface area contributed by atoms with Crippen LogP contribution in [0, 0.1) is 11.8 Å². The van der Waals surface area contributed by atoms with Gasteiger partial charge in [0.15, 0.2) is 5.96 Å². The Morgan fingerprint density at radius 1 is 1.03 bits per heavy atom. The van der Waals surface area contributed by atoms with Crippen molar-refractivity contribution in [1.82, 2.24) is 20.4 Å². The molecular weight excluding hydrogens is 489 g/mol. The number of nitrogens with zero attached hydrogens (tertiary/aromatic N) is 3. The van der Waals surface area contributed by atoms with Gasteiger partial charge in [-0.05, 0) is 63.8 Å². The minimum atomic E-state index is 0. The highest BCUT2D eigenvalue weighted by molar-refractivity contribution is 14.0. The van der Waals surface area contributed by atoms with Crippen LogP contribution in [-0.4, -0.2) is 74.0 Å². The lowest BCUT2D eigenvalue weighted by Gasteiger charge is -2.34. The summed E-state index contributed by atoms with van der Waals surface area (Å²) in [5, 5.41) is 6.81. The van der Waals surface area contributed by atoms with Crippen LogP contribution >= 0.6 is 24.0 Å². The van der Waals surface area contributed by atoms with E-state index in [2.05, 4.69) is 36.3 Å². The predicted octanol–water partition coefficient (Wildman–Crippen LogP) is 3.71. The number of unbranched alkanes of at least 4 members (excludes halogenated alkanes) is 1. The maximum Gasteiger partial charge on any atom is 0.222 e. The standard InChI is InChI=1S/C23H45N5O.HI/c1-4-24-23(26-13-10-16-28-15-8-5-6-11-22(28)29)25-12-7-9-14-27-18-20(2)17-21(3)19-27;/h20-21H,4-19H2,1-3H3,(H2,24,25,26);1H. The van der Waals surface area contributed by atoms with Crippen molar-refractivity contribution in [2.24, 2.45) is 16.8 Å². The molecule has 0 aliphatic carbocycles. The molecule has 0 saturated carbocycles. The molecule has 0 spiro atoms. The fourth-order valence-electron chi connectivity index (χ4n) is 4.71. The summed E-state index contributed by atoms with van der Waals surface area (Å²) in [6, 6.07) is 0. The maximum absolute atomic E-state index is 12.1. The second-order valence-corrected chi connectivity index (χ2v) is 9.15. The van der Waals surface area contributed by atoms with Gasteiger partial charge in [-0.2, -0.15) is 0 Å². The Balaban J connectivity index is 0.00000450. The summed E-state index contributed by atoms with van der Waals surface area (Å²) in [4.78, 5) is 21.4. The van der Waals surface area contributed by atoms with Crippen molar-refractivity contribution in [3.63, 3.8) is 0 Å². The fourth-order valence-corrected chi connectivity index (χ4v) is 4.71. The van der Waals surface area contributed by atoms with E-state index in [1.807, 2.05) is 4.90 Å². The van der Waals surface area contributed by atoms with Gasteiger partial charge in [0.05, 0.1) is 0 Å². The van der Waals surface area contributed by atoms with Crippen LogP contribution in [0.1, 0.15) is 72.1 Å². The van der Waals surface area contributed by atoms with Crippen LogP contribution in [0.25, 0.3) is 0 Å². The quantitative estimate of drug-likeness (QED) is 0.194. The number of hydrogen-bond acceptors (Lipinski definition) is 3. The van der Waals surface area contributed by atoms with Crippen LogP contribution in [0.15, 0.2) is 4.99 Å². The number of nitrogens with one attached hydrogen (secondary N) is 2. The van der Waals surface area contributed by atoms with Gasteiger partial charge in [-0.1, -0.05) is 20.3 Å². The molecule has 2 aliphatic heterocycles. The van der Waals surface area contributed by atoms with Gasteiger partial charge < -0.3 is 20.4 Å². The average Bonchev–Trinajstić information content (AvgIpc) is 2.88. The Hall–Kier alpha value is -0.570. The topological polar surface area (TPSA) is 60.0 Å². The van der Waals surface area contributed by atoms with Gasteiger partial charge in [0.2, 0.25) is 5.91 Å². The number of hydrogen-bond donors (Lipinski definition) is 2. The van der Waals surface area contributed by atoms with E-state index in [-0.39, 0.29) is 24.0 Å². The number of halogens is 1.